The van der Waals surface area contributed by atoms with E-state index in [1.807, 2.05) is 6.92 Å². The fourth-order valence-corrected chi connectivity index (χ4v) is 7.81. The minimum Gasteiger partial charge on any atom is -0.432 e. The van der Waals surface area contributed by atoms with Crippen molar-refractivity contribution in [2.24, 2.45) is 34.5 Å². The van der Waals surface area contributed by atoms with Crippen molar-refractivity contribution < 1.29 is 14.6 Å². The molecule has 4 aliphatic rings. The Hall–Kier alpha value is -1.09. The molecular formula is C24H36O3. The lowest BCUT2D eigenvalue weighted by Crippen LogP contribution is -2.49. The number of carbonyl (C=O) groups excluding carboxylic acids is 1. The Morgan fingerprint density at radius 2 is 1.85 bits per heavy atom. The maximum atomic E-state index is 11.6. The van der Waals surface area contributed by atoms with Crippen molar-refractivity contribution in [3.8, 4) is 0 Å². The molecule has 27 heavy (non-hydrogen) atoms. The van der Waals surface area contributed by atoms with Crippen LogP contribution in [0.25, 0.3) is 0 Å². The standard InChI is InChI=1S/C24H36O3/c1-14-12-21-19-7-6-17-13-18(26)8-10-23(17,4)20(19)9-11-24(21,5)22(14)15(2)27-16(3)25/h6,14,18-21,26H,7-13H2,1-5H3/b22-15+/t14-,18+,19-,20+,21+,23+,24+/m1/s1. The Balaban J connectivity index is 1.69. The third kappa shape index (κ3) is 2.84. The van der Waals surface area contributed by atoms with Crippen LogP contribution in [0, 0.1) is 34.5 Å². The topological polar surface area (TPSA) is 46.5 Å². The summed E-state index contributed by atoms with van der Waals surface area (Å²) in [7, 11) is 0. The number of aliphatic hydroxyl groups is 1. The highest BCUT2D eigenvalue weighted by atomic mass is 16.5. The van der Waals surface area contributed by atoms with Crippen molar-refractivity contribution in [1.82, 2.24) is 0 Å². The minimum atomic E-state index is -0.202. The van der Waals surface area contributed by atoms with Crippen molar-refractivity contribution in [1.29, 1.82) is 0 Å². The predicted octanol–water partition coefficient (Wildman–Crippen LogP) is 5.39. The van der Waals surface area contributed by atoms with Crippen LogP contribution in [0.4, 0.5) is 0 Å². The Morgan fingerprint density at radius 1 is 1.15 bits per heavy atom. The van der Waals surface area contributed by atoms with E-state index < -0.39 is 0 Å². The number of hydrogen-bond donors (Lipinski definition) is 1. The fraction of sp³-hybridized carbons (Fsp3) is 0.792. The summed E-state index contributed by atoms with van der Waals surface area (Å²) in [6, 6.07) is 0. The normalized spacial score (nSPS) is 48.1. The molecule has 3 fully saturated rings. The van der Waals surface area contributed by atoms with Crippen LogP contribution in [0.3, 0.4) is 0 Å². The maximum absolute atomic E-state index is 11.6. The van der Waals surface area contributed by atoms with E-state index in [1.54, 1.807) is 0 Å². The fourth-order valence-electron chi connectivity index (χ4n) is 7.81. The highest BCUT2D eigenvalue weighted by Gasteiger charge is 2.59. The average molecular weight is 373 g/mol. The summed E-state index contributed by atoms with van der Waals surface area (Å²) >= 11 is 0. The molecule has 0 heterocycles. The maximum Gasteiger partial charge on any atom is 0.307 e. The molecule has 0 aromatic heterocycles. The zero-order valence-electron chi connectivity index (χ0n) is 17.7. The number of allylic oxidation sites excluding steroid dienone is 3. The summed E-state index contributed by atoms with van der Waals surface area (Å²) in [5, 5.41) is 10.2. The van der Waals surface area contributed by atoms with E-state index in [1.165, 1.54) is 37.3 Å². The zero-order chi connectivity index (χ0) is 19.6. The van der Waals surface area contributed by atoms with Gasteiger partial charge in [-0.05, 0) is 91.9 Å². The SMILES string of the molecule is CC(=O)O/C(C)=C1\[C@H](C)C[C@H]2[C@@H]3CC=C4C[C@@H](O)CC[C@]4(C)[C@H]3CC[C@]12C. The van der Waals surface area contributed by atoms with Gasteiger partial charge in [-0.2, -0.15) is 0 Å². The molecule has 4 aliphatic carbocycles. The highest BCUT2D eigenvalue weighted by molar-refractivity contribution is 5.67. The largest absolute Gasteiger partial charge is 0.432 e. The van der Waals surface area contributed by atoms with Crippen LogP contribution in [-0.4, -0.2) is 17.2 Å². The molecular weight excluding hydrogens is 336 g/mol. The van der Waals surface area contributed by atoms with Gasteiger partial charge in [-0.1, -0.05) is 32.4 Å². The Kier molecular flexibility index (Phi) is 4.61. The Bertz CT molecular complexity index is 704. The molecule has 0 unspecified atom stereocenters. The third-order valence-electron chi connectivity index (χ3n) is 8.86. The second kappa shape index (κ2) is 6.47. The lowest BCUT2D eigenvalue weighted by molar-refractivity contribution is -0.137. The summed E-state index contributed by atoms with van der Waals surface area (Å²) in [5.74, 6) is 3.28. The van der Waals surface area contributed by atoms with Crippen LogP contribution in [0.2, 0.25) is 0 Å². The minimum absolute atomic E-state index is 0.137. The molecule has 3 heteroatoms. The number of ether oxygens (including phenoxy) is 1. The zero-order valence-corrected chi connectivity index (χ0v) is 17.7. The van der Waals surface area contributed by atoms with E-state index in [2.05, 4.69) is 26.8 Å². The van der Waals surface area contributed by atoms with Crippen LogP contribution < -0.4 is 0 Å². The number of rotatable bonds is 1. The molecule has 4 rings (SSSR count). The van der Waals surface area contributed by atoms with Gasteiger partial charge < -0.3 is 9.84 Å². The summed E-state index contributed by atoms with van der Waals surface area (Å²) in [6.45, 7) is 10.7. The molecule has 0 spiro atoms. The van der Waals surface area contributed by atoms with Crippen molar-refractivity contribution >= 4 is 5.97 Å². The first-order chi connectivity index (χ1) is 12.7. The van der Waals surface area contributed by atoms with Gasteiger partial charge in [-0.3, -0.25) is 4.79 Å². The van der Waals surface area contributed by atoms with Crippen molar-refractivity contribution in [3.05, 3.63) is 23.0 Å². The van der Waals surface area contributed by atoms with Gasteiger partial charge in [-0.15, -0.1) is 0 Å². The molecule has 0 aliphatic heterocycles. The van der Waals surface area contributed by atoms with Crippen LogP contribution in [0.1, 0.15) is 79.6 Å². The summed E-state index contributed by atoms with van der Waals surface area (Å²) < 4.78 is 5.57. The van der Waals surface area contributed by atoms with Crippen LogP contribution in [0.15, 0.2) is 23.0 Å². The number of carbonyl (C=O) groups is 1. The van der Waals surface area contributed by atoms with Gasteiger partial charge in [0.2, 0.25) is 0 Å². The molecule has 0 bridgehead atoms. The monoisotopic (exact) mass is 372 g/mol. The van der Waals surface area contributed by atoms with Crippen LogP contribution in [0.5, 0.6) is 0 Å². The molecule has 0 aromatic rings. The number of hydrogen-bond acceptors (Lipinski definition) is 3. The van der Waals surface area contributed by atoms with E-state index in [-0.39, 0.29) is 22.9 Å². The Morgan fingerprint density at radius 3 is 2.56 bits per heavy atom. The third-order valence-corrected chi connectivity index (χ3v) is 8.86. The second-order valence-corrected chi connectivity index (χ2v) is 10.3. The molecule has 0 saturated heterocycles. The molecule has 3 nitrogen and oxygen atoms in total. The first kappa shape index (κ1) is 19.2. The summed E-state index contributed by atoms with van der Waals surface area (Å²) in [6.07, 6.45) is 10.1. The van der Waals surface area contributed by atoms with Crippen molar-refractivity contribution in [2.75, 3.05) is 0 Å². The van der Waals surface area contributed by atoms with E-state index in [9.17, 15) is 9.90 Å². The second-order valence-electron chi connectivity index (χ2n) is 10.3. The van der Waals surface area contributed by atoms with Gasteiger partial charge in [0.1, 0.15) is 5.76 Å². The van der Waals surface area contributed by atoms with E-state index >= 15 is 0 Å². The van der Waals surface area contributed by atoms with Gasteiger partial charge in [0.15, 0.2) is 0 Å². The first-order valence-corrected chi connectivity index (χ1v) is 10.9. The molecule has 1 N–H and O–H groups in total. The lowest BCUT2D eigenvalue weighted by Gasteiger charge is -2.57. The van der Waals surface area contributed by atoms with Gasteiger partial charge in [0.25, 0.3) is 0 Å². The quantitative estimate of drug-likeness (QED) is 0.381. The molecule has 3 saturated carbocycles. The van der Waals surface area contributed by atoms with Gasteiger partial charge in [-0.25, -0.2) is 0 Å². The number of aliphatic hydroxyl groups excluding tert-OH is 1. The predicted molar refractivity (Wildman–Crippen MR) is 107 cm³/mol. The molecule has 0 radical (unpaired) electrons. The number of esters is 1. The summed E-state index contributed by atoms with van der Waals surface area (Å²) in [4.78, 5) is 11.6. The average Bonchev–Trinajstić information content (AvgIpc) is 2.85. The Labute approximate surface area is 164 Å². The van der Waals surface area contributed by atoms with Gasteiger partial charge >= 0.3 is 5.97 Å². The summed E-state index contributed by atoms with van der Waals surface area (Å²) in [5.41, 5.74) is 3.38. The van der Waals surface area contributed by atoms with Crippen molar-refractivity contribution in [3.63, 3.8) is 0 Å². The van der Waals surface area contributed by atoms with Crippen LogP contribution >= 0.6 is 0 Å². The van der Waals surface area contributed by atoms with Gasteiger partial charge in [0, 0.05) is 6.92 Å². The van der Waals surface area contributed by atoms with E-state index in [4.69, 9.17) is 4.74 Å². The molecule has 7 atom stereocenters. The van der Waals surface area contributed by atoms with E-state index in [0.29, 0.717) is 11.8 Å². The molecule has 0 aromatic carbocycles. The molecule has 0 amide bonds. The molecule has 150 valence electrons. The first-order valence-electron chi connectivity index (χ1n) is 10.9. The highest BCUT2D eigenvalue weighted by Crippen LogP contribution is 2.67. The number of fused-ring (bicyclic) bond motifs is 5. The van der Waals surface area contributed by atoms with Gasteiger partial charge in [0.05, 0.1) is 6.10 Å². The lowest BCUT2D eigenvalue weighted by atomic mass is 9.48. The van der Waals surface area contributed by atoms with Crippen LogP contribution in [-0.2, 0) is 9.53 Å². The van der Waals surface area contributed by atoms with E-state index in [0.717, 1.165) is 43.3 Å². The smallest absolute Gasteiger partial charge is 0.307 e. The van der Waals surface area contributed by atoms with Crippen molar-refractivity contribution in [2.45, 2.75) is 85.7 Å².